The van der Waals surface area contributed by atoms with Crippen LogP contribution in [0.2, 0.25) is 0 Å². The summed E-state index contributed by atoms with van der Waals surface area (Å²) in [7, 11) is 0. The zero-order valence-electron chi connectivity index (χ0n) is 20.3. The maximum atomic E-state index is 15.1. The highest BCUT2D eigenvalue weighted by Crippen LogP contribution is 2.40. The van der Waals surface area contributed by atoms with E-state index in [1.54, 1.807) is 6.07 Å². The molecule has 194 valence electrons. The summed E-state index contributed by atoms with van der Waals surface area (Å²) < 4.78 is 78.6. The van der Waals surface area contributed by atoms with Crippen LogP contribution in [0.15, 0.2) is 48.5 Å². The van der Waals surface area contributed by atoms with Crippen molar-refractivity contribution in [2.24, 2.45) is 0 Å². The SMILES string of the molecule is CCCC(O)c1ccc(C2CC=C(c3ccc(-c4ccc(C5CO5)c(F)c4F)cc3F)CC2)c(F)c1F. The van der Waals surface area contributed by atoms with Gasteiger partial charge in [-0.1, -0.05) is 55.8 Å². The van der Waals surface area contributed by atoms with Gasteiger partial charge in [0, 0.05) is 22.3 Å². The van der Waals surface area contributed by atoms with Crippen LogP contribution in [0, 0.1) is 29.1 Å². The number of aliphatic hydroxyl groups is 1. The second kappa shape index (κ2) is 10.4. The van der Waals surface area contributed by atoms with Crippen LogP contribution in [0.3, 0.4) is 0 Å². The van der Waals surface area contributed by atoms with Crippen LogP contribution in [-0.2, 0) is 4.74 Å². The van der Waals surface area contributed by atoms with Crippen molar-refractivity contribution in [2.45, 2.75) is 57.2 Å². The van der Waals surface area contributed by atoms with Gasteiger partial charge in [-0.15, -0.1) is 0 Å². The highest BCUT2D eigenvalue weighted by Gasteiger charge is 2.30. The zero-order valence-corrected chi connectivity index (χ0v) is 20.3. The summed E-state index contributed by atoms with van der Waals surface area (Å²) in [5.41, 5.74) is 1.62. The van der Waals surface area contributed by atoms with Crippen molar-refractivity contribution in [3.63, 3.8) is 0 Å². The molecule has 0 saturated carbocycles. The highest BCUT2D eigenvalue weighted by molar-refractivity contribution is 5.72. The molecule has 2 nitrogen and oxygen atoms in total. The van der Waals surface area contributed by atoms with E-state index in [1.807, 2.05) is 13.0 Å². The van der Waals surface area contributed by atoms with Gasteiger partial charge in [-0.3, -0.25) is 0 Å². The first-order chi connectivity index (χ1) is 17.8. The molecule has 3 unspecified atom stereocenters. The largest absolute Gasteiger partial charge is 0.388 e. The summed E-state index contributed by atoms with van der Waals surface area (Å²) >= 11 is 0. The Morgan fingerprint density at radius 1 is 0.892 bits per heavy atom. The molecule has 0 aromatic heterocycles. The zero-order chi connectivity index (χ0) is 26.3. The summed E-state index contributed by atoms with van der Waals surface area (Å²) in [6, 6.07) is 10.1. The molecule has 7 heteroatoms. The highest BCUT2D eigenvalue weighted by atomic mass is 19.2. The summed E-state index contributed by atoms with van der Waals surface area (Å²) in [5.74, 6) is -4.83. The van der Waals surface area contributed by atoms with Gasteiger partial charge < -0.3 is 9.84 Å². The van der Waals surface area contributed by atoms with Crippen molar-refractivity contribution in [3.8, 4) is 11.1 Å². The number of halogens is 5. The number of ether oxygens (including phenoxy) is 1. The first kappa shape index (κ1) is 25.6. The average molecular weight is 515 g/mol. The number of aliphatic hydroxyl groups excluding tert-OH is 1. The molecule has 0 spiro atoms. The van der Waals surface area contributed by atoms with Crippen molar-refractivity contribution < 1.29 is 31.8 Å². The third-order valence-corrected chi connectivity index (χ3v) is 7.33. The van der Waals surface area contributed by atoms with Crippen LogP contribution in [-0.4, -0.2) is 11.7 Å². The number of rotatable bonds is 7. The Balaban J connectivity index is 1.34. The van der Waals surface area contributed by atoms with Gasteiger partial charge in [0.15, 0.2) is 23.3 Å². The Morgan fingerprint density at radius 3 is 2.24 bits per heavy atom. The van der Waals surface area contributed by atoms with Crippen LogP contribution in [0.1, 0.15) is 79.4 Å². The summed E-state index contributed by atoms with van der Waals surface area (Å²) in [5, 5.41) is 10.1. The Bertz CT molecular complexity index is 1360. The van der Waals surface area contributed by atoms with Crippen molar-refractivity contribution in [2.75, 3.05) is 6.61 Å². The molecule has 0 amide bonds. The van der Waals surface area contributed by atoms with Gasteiger partial charge in [0.1, 0.15) is 11.9 Å². The van der Waals surface area contributed by atoms with E-state index >= 15 is 4.39 Å². The maximum Gasteiger partial charge on any atom is 0.167 e. The van der Waals surface area contributed by atoms with E-state index in [0.717, 1.165) is 5.57 Å². The van der Waals surface area contributed by atoms with Gasteiger partial charge in [-0.05, 0) is 54.4 Å². The summed E-state index contributed by atoms with van der Waals surface area (Å²) in [6.45, 7) is 2.21. The monoisotopic (exact) mass is 514 g/mol. The second-order valence-corrected chi connectivity index (χ2v) is 9.72. The fraction of sp³-hybridized carbons (Fsp3) is 0.333. The first-order valence-corrected chi connectivity index (χ1v) is 12.5. The predicted octanol–water partition coefficient (Wildman–Crippen LogP) is 8.31. The van der Waals surface area contributed by atoms with Crippen molar-refractivity contribution in [1.82, 2.24) is 0 Å². The Kier molecular flexibility index (Phi) is 7.19. The number of benzene rings is 3. The third-order valence-electron chi connectivity index (χ3n) is 7.33. The minimum atomic E-state index is -1.05. The molecule has 1 N–H and O–H groups in total. The van der Waals surface area contributed by atoms with E-state index in [0.29, 0.717) is 44.3 Å². The molecule has 37 heavy (non-hydrogen) atoms. The topological polar surface area (TPSA) is 32.8 Å². The minimum Gasteiger partial charge on any atom is -0.388 e. The Hall–Kier alpha value is -3.03. The molecule has 2 aliphatic rings. The van der Waals surface area contributed by atoms with Gasteiger partial charge >= 0.3 is 0 Å². The number of hydrogen-bond donors (Lipinski definition) is 1. The standard InChI is InChI=1S/C30H27F5O2/c1-2-3-25(36)22-12-10-20(27(32)29(22)34)17-6-4-16(5-7-17)19-9-8-18(14-24(19)31)21-11-13-23(26-15-37-26)30(35)28(21)33/h4,8-14,17,25-26,36H,2-3,5-7,15H2,1H3. The maximum absolute atomic E-state index is 15.1. The van der Waals surface area contributed by atoms with E-state index in [4.69, 9.17) is 4.74 Å². The van der Waals surface area contributed by atoms with E-state index in [-0.39, 0.29) is 33.7 Å². The molecular weight excluding hydrogens is 487 g/mol. The third kappa shape index (κ3) is 4.94. The molecule has 5 rings (SSSR count). The lowest BCUT2D eigenvalue weighted by Crippen LogP contribution is -2.10. The molecule has 0 bridgehead atoms. The minimum absolute atomic E-state index is 0.0324. The number of allylic oxidation sites excluding steroid dienone is 2. The van der Waals surface area contributed by atoms with E-state index in [1.165, 1.54) is 36.4 Å². The van der Waals surface area contributed by atoms with Gasteiger partial charge in [0.05, 0.1) is 12.7 Å². The molecule has 0 radical (unpaired) electrons. The lowest BCUT2D eigenvalue weighted by molar-refractivity contribution is 0.160. The molecule has 3 atom stereocenters. The van der Waals surface area contributed by atoms with Gasteiger partial charge in [-0.25, -0.2) is 22.0 Å². The normalized spacial score (nSPS) is 20.0. The number of hydrogen-bond acceptors (Lipinski definition) is 2. The quantitative estimate of drug-likeness (QED) is 0.254. The fourth-order valence-electron chi connectivity index (χ4n) is 5.15. The lowest BCUT2D eigenvalue weighted by atomic mass is 9.81. The van der Waals surface area contributed by atoms with Gasteiger partial charge in [0.2, 0.25) is 0 Å². The summed E-state index contributed by atoms with van der Waals surface area (Å²) in [6.07, 6.45) is 2.66. The van der Waals surface area contributed by atoms with Gasteiger partial charge in [0.25, 0.3) is 0 Å². The molecule has 3 aromatic rings. The van der Waals surface area contributed by atoms with E-state index < -0.39 is 41.3 Å². The average Bonchev–Trinajstić information content (AvgIpc) is 3.73. The van der Waals surface area contributed by atoms with Crippen LogP contribution in [0.25, 0.3) is 16.7 Å². The van der Waals surface area contributed by atoms with Crippen LogP contribution >= 0.6 is 0 Å². The number of epoxide rings is 1. The van der Waals surface area contributed by atoms with E-state index in [9.17, 15) is 22.7 Å². The van der Waals surface area contributed by atoms with Gasteiger partial charge in [-0.2, -0.15) is 0 Å². The van der Waals surface area contributed by atoms with Crippen molar-refractivity contribution in [1.29, 1.82) is 0 Å². The summed E-state index contributed by atoms with van der Waals surface area (Å²) in [4.78, 5) is 0. The first-order valence-electron chi connectivity index (χ1n) is 12.5. The lowest BCUT2D eigenvalue weighted by Gasteiger charge is -2.24. The predicted molar refractivity (Wildman–Crippen MR) is 131 cm³/mol. The van der Waals surface area contributed by atoms with Crippen LogP contribution in [0.5, 0.6) is 0 Å². The second-order valence-electron chi connectivity index (χ2n) is 9.72. The van der Waals surface area contributed by atoms with Crippen LogP contribution < -0.4 is 0 Å². The molecule has 1 aliphatic carbocycles. The van der Waals surface area contributed by atoms with Crippen molar-refractivity contribution in [3.05, 3.63) is 99.9 Å². The molecule has 3 aromatic carbocycles. The molecule has 1 fully saturated rings. The fourth-order valence-corrected chi connectivity index (χ4v) is 5.15. The van der Waals surface area contributed by atoms with Crippen LogP contribution in [0.4, 0.5) is 22.0 Å². The smallest absolute Gasteiger partial charge is 0.167 e. The molecule has 1 aliphatic heterocycles. The Morgan fingerprint density at radius 2 is 1.59 bits per heavy atom. The van der Waals surface area contributed by atoms with Crippen molar-refractivity contribution >= 4 is 5.57 Å². The molecule has 1 heterocycles. The van der Waals surface area contributed by atoms with E-state index in [2.05, 4.69) is 0 Å². The molecule has 1 saturated heterocycles. The molecular formula is C30H27F5O2. The Labute approximate surface area is 212 Å².